The van der Waals surface area contributed by atoms with Crippen LogP contribution in [0.4, 0.5) is 0 Å². The predicted octanol–water partition coefficient (Wildman–Crippen LogP) is 1.61. The number of carbonyl (C=O) groups is 2. The van der Waals surface area contributed by atoms with Gasteiger partial charge in [-0.2, -0.15) is 0 Å². The average Bonchev–Trinajstić information content (AvgIpc) is 2.62. The molecule has 0 saturated heterocycles. The summed E-state index contributed by atoms with van der Waals surface area (Å²) < 4.78 is 0. The molecular formula is C19H22N2O3. The van der Waals surface area contributed by atoms with E-state index in [2.05, 4.69) is 5.32 Å². The van der Waals surface area contributed by atoms with E-state index in [0.29, 0.717) is 18.5 Å². The van der Waals surface area contributed by atoms with Crippen LogP contribution in [0.3, 0.4) is 0 Å². The first kappa shape index (κ1) is 17.7. The van der Waals surface area contributed by atoms with Gasteiger partial charge in [0.15, 0.2) is 0 Å². The number of aliphatic hydroxyl groups excluding tert-OH is 1. The average molecular weight is 326 g/mol. The lowest BCUT2D eigenvalue weighted by molar-refractivity contribution is -0.131. The van der Waals surface area contributed by atoms with Crippen molar-refractivity contribution in [3.8, 4) is 0 Å². The van der Waals surface area contributed by atoms with E-state index in [1.54, 1.807) is 24.1 Å². The van der Waals surface area contributed by atoms with Crippen molar-refractivity contribution >= 4 is 11.8 Å². The minimum Gasteiger partial charge on any atom is -0.395 e. The van der Waals surface area contributed by atoms with Crippen LogP contribution in [0.2, 0.25) is 0 Å². The van der Waals surface area contributed by atoms with E-state index in [-0.39, 0.29) is 25.0 Å². The van der Waals surface area contributed by atoms with Gasteiger partial charge in [-0.05, 0) is 23.3 Å². The van der Waals surface area contributed by atoms with Crippen molar-refractivity contribution in [3.63, 3.8) is 0 Å². The maximum atomic E-state index is 12.5. The van der Waals surface area contributed by atoms with Crippen molar-refractivity contribution in [1.29, 1.82) is 0 Å². The fourth-order valence-electron chi connectivity index (χ4n) is 2.42. The number of amides is 2. The van der Waals surface area contributed by atoms with Crippen LogP contribution in [0.15, 0.2) is 54.6 Å². The number of hydrogen-bond donors (Lipinski definition) is 2. The Kier molecular flexibility index (Phi) is 6.51. The number of rotatable bonds is 7. The summed E-state index contributed by atoms with van der Waals surface area (Å²) in [6.07, 6.45) is 0.303. The van der Waals surface area contributed by atoms with E-state index in [0.717, 1.165) is 11.1 Å². The first-order chi connectivity index (χ1) is 11.6. The Labute approximate surface area is 141 Å². The lowest BCUT2D eigenvalue weighted by atomic mass is 10.1. The molecule has 0 aliphatic rings. The third kappa shape index (κ3) is 4.93. The molecule has 0 aliphatic carbocycles. The predicted molar refractivity (Wildman–Crippen MR) is 92.5 cm³/mol. The second-order valence-electron chi connectivity index (χ2n) is 5.48. The zero-order chi connectivity index (χ0) is 17.4. The summed E-state index contributed by atoms with van der Waals surface area (Å²) in [4.78, 5) is 25.7. The number of carbonyl (C=O) groups excluding carboxylic acids is 2. The first-order valence-electron chi connectivity index (χ1n) is 7.87. The zero-order valence-electron chi connectivity index (χ0n) is 13.7. The number of nitrogens with zero attached hydrogens (tertiary/aromatic N) is 1. The van der Waals surface area contributed by atoms with Gasteiger partial charge in [-0.1, -0.05) is 42.5 Å². The molecule has 0 atom stereocenters. The van der Waals surface area contributed by atoms with Crippen molar-refractivity contribution in [2.75, 3.05) is 20.2 Å². The van der Waals surface area contributed by atoms with Crippen LogP contribution in [0.25, 0.3) is 0 Å². The van der Waals surface area contributed by atoms with Gasteiger partial charge in [-0.3, -0.25) is 9.59 Å². The minimum atomic E-state index is -0.145. The Morgan fingerprint density at radius 3 is 2.25 bits per heavy atom. The van der Waals surface area contributed by atoms with Crippen molar-refractivity contribution < 1.29 is 14.7 Å². The Balaban J connectivity index is 2.04. The quantitative estimate of drug-likeness (QED) is 0.812. The Morgan fingerprint density at radius 2 is 1.67 bits per heavy atom. The van der Waals surface area contributed by atoms with E-state index < -0.39 is 0 Å². The SMILES string of the molecule is CNC(=O)c1ccc(CN(CCO)C(=O)Cc2ccccc2)cc1. The highest BCUT2D eigenvalue weighted by Crippen LogP contribution is 2.10. The second-order valence-corrected chi connectivity index (χ2v) is 5.48. The lowest BCUT2D eigenvalue weighted by Crippen LogP contribution is -2.34. The van der Waals surface area contributed by atoms with E-state index >= 15 is 0 Å². The third-order valence-corrected chi connectivity index (χ3v) is 3.74. The number of nitrogens with one attached hydrogen (secondary N) is 1. The van der Waals surface area contributed by atoms with Gasteiger partial charge in [0.1, 0.15) is 0 Å². The number of aliphatic hydroxyl groups is 1. The lowest BCUT2D eigenvalue weighted by Gasteiger charge is -2.22. The summed E-state index contributed by atoms with van der Waals surface area (Å²) in [6.45, 7) is 0.597. The molecule has 24 heavy (non-hydrogen) atoms. The molecule has 2 aromatic carbocycles. The summed E-state index contributed by atoms with van der Waals surface area (Å²) in [5, 5.41) is 11.8. The molecular weight excluding hydrogens is 304 g/mol. The highest BCUT2D eigenvalue weighted by atomic mass is 16.3. The van der Waals surface area contributed by atoms with Crippen LogP contribution >= 0.6 is 0 Å². The molecule has 5 heteroatoms. The van der Waals surface area contributed by atoms with Crippen molar-refractivity contribution in [3.05, 3.63) is 71.3 Å². The monoisotopic (exact) mass is 326 g/mol. The molecule has 0 spiro atoms. The molecule has 126 valence electrons. The zero-order valence-corrected chi connectivity index (χ0v) is 13.7. The highest BCUT2D eigenvalue weighted by Gasteiger charge is 2.14. The molecule has 0 bridgehead atoms. The van der Waals surface area contributed by atoms with Gasteiger partial charge < -0.3 is 15.3 Å². The van der Waals surface area contributed by atoms with E-state index in [9.17, 15) is 14.7 Å². The van der Waals surface area contributed by atoms with Crippen LogP contribution in [0.5, 0.6) is 0 Å². The van der Waals surface area contributed by atoms with Crippen LogP contribution in [0, 0.1) is 0 Å². The molecule has 0 heterocycles. The van der Waals surface area contributed by atoms with Crippen LogP contribution in [-0.2, 0) is 17.8 Å². The fraction of sp³-hybridized carbons (Fsp3) is 0.263. The summed E-state index contributed by atoms with van der Waals surface area (Å²) in [7, 11) is 1.58. The van der Waals surface area contributed by atoms with Gasteiger partial charge in [0.2, 0.25) is 5.91 Å². The molecule has 0 fully saturated rings. The van der Waals surface area contributed by atoms with Crippen LogP contribution in [0.1, 0.15) is 21.5 Å². The topological polar surface area (TPSA) is 69.6 Å². The van der Waals surface area contributed by atoms with Gasteiger partial charge in [-0.15, -0.1) is 0 Å². The third-order valence-electron chi connectivity index (χ3n) is 3.74. The van der Waals surface area contributed by atoms with Crippen LogP contribution < -0.4 is 5.32 Å². The van der Waals surface area contributed by atoms with E-state index in [1.807, 2.05) is 42.5 Å². The molecule has 2 N–H and O–H groups in total. The molecule has 0 radical (unpaired) electrons. The standard InChI is InChI=1S/C19H22N2O3/c1-20-19(24)17-9-7-16(8-10-17)14-21(11-12-22)18(23)13-15-5-3-2-4-6-15/h2-10,22H,11-14H2,1H3,(H,20,24). The Hall–Kier alpha value is -2.66. The number of hydrogen-bond acceptors (Lipinski definition) is 3. The molecule has 0 aliphatic heterocycles. The molecule has 2 aromatic rings. The molecule has 0 unspecified atom stereocenters. The first-order valence-corrected chi connectivity index (χ1v) is 7.87. The van der Waals surface area contributed by atoms with Gasteiger partial charge in [0.05, 0.1) is 13.0 Å². The summed E-state index contributed by atoms with van der Waals surface area (Å²) >= 11 is 0. The number of benzene rings is 2. The molecule has 0 saturated carbocycles. The molecule has 0 aromatic heterocycles. The summed E-state index contributed by atoms with van der Waals surface area (Å²) in [6, 6.07) is 16.6. The Morgan fingerprint density at radius 1 is 1.00 bits per heavy atom. The van der Waals surface area contributed by atoms with Gasteiger partial charge in [0, 0.05) is 25.7 Å². The minimum absolute atomic E-state index is 0.0365. The normalized spacial score (nSPS) is 10.2. The van der Waals surface area contributed by atoms with E-state index in [4.69, 9.17) is 0 Å². The molecule has 2 amide bonds. The maximum absolute atomic E-state index is 12.5. The van der Waals surface area contributed by atoms with Crippen molar-refractivity contribution in [2.45, 2.75) is 13.0 Å². The van der Waals surface area contributed by atoms with Crippen LogP contribution in [-0.4, -0.2) is 42.0 Å². The molecule has 2 rings (SSSR count). The maximum Gasteiger partial charge on any atom is 0.251 e. The van der Waals surface area contributed by atoms with Gasteiger partial charge in [-0.25, -0.2) is 0 Å². The smallest absolute Gasteiger partial charge is 0.251 e. The second kappa shape index (κ2) is 8.84. The van der Waals surface area contributed by atoms with Crippen molar-refractivity contribution in [1.82, 2.24) is 10.2 Å². The van der Waals surface area contributed by atoms with Crippen molar-refractivity contribution in [2.24, 2.45) is 0 Å². The Bertz CT molecular complexity index is 669. The van der Waals surface area contributed by atoms with Gasteiger partial charge in [0.25, 0.3) is 5.91 Å². The molecule has 5 nitrogen and oxygen atoms in total. The highest BCUT2D eigenvalue weighted by molar-refractivity contribution is 5.93. The summed E-state index contributed by atoms with van der Waals surface area (Å²) in [5.41, 5.74) is 2.43. The largest absolute Gasteiger partial charge is 0.395 e. The van der Waals surface area contributed by atoms with Gasteiger partial charge >= 0.3 is 0 Å². The summed E-state index contributed by atoms with van der Waals surface area (Å²) in [5.74, 6) is -0.181. The fourth-order valence-corrected chi connectivity index (χ4v) is 2.42. The van der Waals surface area contributed by atoms with E-state index in [1.165, 1.54) is 0 Å².